The second-order valence-corrected chi connectivity index (χ2v) is 6.80. The van der Waals surface area contributed by atoms with E-state index in [0.717, 1.165) is 19.4 Å². The van der Waals surface area contributed by atoms with Crippen LogP contribution in [-0.4, -0.2) is 40.8 Å². The minimum Gasteiger partial charge on any atom is -0.454 e. The van der Waals surface area contributed by atoms with Crippen LogP contribution in [0.1, 0.15) is 60.6 Å². The lowest BCUT2D eigenvalue weighted by Gasteiger charge is -2.31. The minimum absolute atomic E-state index is 0.00409. The quantitative estimate of drug-likeness (QED) is 0.853. The fourth-order valence-electron chi connectivity index (χ4n) is 3.23. The highest BCUT2D eigenvalue weighted by molar-refractivity contribution is 5.95. The molecule has 0 saturated carbocycles. The van der Waals surface area contributed by atoms with Crippen molar-refractivity contribution in [2.24, 2.45) is 0 Å². The zero-order chi connectivity index (χ0) is 17.4. The molecule has 0 N–H and O–H groups in total. The lowest BCUT2D eigenvalue weighted by molar-refractivity contribution is 0.0703. The number of ether oxygens (including phenoxy) is 2. The Kier molecular flexibility index (Phi) is 4.07. The maximum Gasteiger partial charge on any atom is 0.254 e. The lowest BCUT2D eigenvalue weighted by atomic mass is 9.96. The summed E-state index contributed by atoms with van der Waals surface area (Å²) in [4.78, 5) is 19.2. The number of amides is 1. The van der Waals surface area contributed by atoms with E-state index in [0.29, 0.717) is 35.3 Å². The lowest BCUT2D eigenvalue weighted by Crippen LogP contribution is -2.39. The summed E-state index contributed by atoms with van der Waals surface area (Å²) in [6.45, 7) is 5.58. The van der Waals surface area contributed by atoms with Gasteiger partial charge in [0.2, 0.25) is 12.7 Å². The Morgan fingerprint density at radius 1 is 1.28 bits per heavy atom. The largest absolute Gasteiger partial charge is 0.454 e. The third-order valence-corrected chi connectivity index (χ3v) is 4.64. The number of rotatable bonds is 3. The Morgan fingerprint density at radius 2 is 2.12 bits per heavy atom. The van der Waals surface area contributed by atoms with Crippen molar-refractivity contribution in [3.05, 3.63) is 35.5 Å². The van der Waals surface area contributed by atoms with E-state index < -0.39 is 0 Å². The second-order valence-electron chi connectivity index (χ2n) is 6.80. The smallest absolute Gasteiger partial charge is 0.254 e. The monoisotopic (exact) mass is 343 g/mol. The van der Waals surface area contributed by atoms with Crippen LogP contribution in [0.15, 0.2) is 22.7 Å². The summed E-state index contributed by atoms with van der Waals surface area (Å²) in [5, 5.41) is 4.11. The molecule has 1 atom stereocenters. The van der Waals surface area contributed by atoms with Gasteiger partial charge in [0, 0.05) is 30.5 Å². The zero-order valence-corrected chi connectivity index (χ0v) is 14.4. The molecule has 1 aromatic carbocycles. The molecule has 0 bridgehead atoms. The first kappa shape index (κ1) is 15.9. The van der Waals surface area contributed by atoms with Gasteiger partial charge in [-0.15, -0.1) is 0 Å². The molecule has 3 heterocycles. The molecule has 0 spiro atoms. The standard InChI is InChI=1S/C18H21N3O4/c1-11(2)17-19-16(20-25-17)13-4-3-7-21(9-13)18(22)12-5-6-14-15(8-12)24-10-23-14/h5-6,8,11,13H,3-4,7,9-10H2,1-2H3/t13-/m0/s1. The number of hydrogen-bond donors (Lipinski definition) is 0. The number of carbonyl (C=O) groups is 1. The van der Waals surface area contributed by atoms with Crippen LogP contribution >= 0.6 is 0 Å². The molecule has 0 aliphatic carbocycles. The van der Waals surface area contributed by atoms with E-state index in [9.17, 15) is 4.79 Å². The van der Waals surface area contributed by atoms with Crippen molar-refractivity contribution >= 4 is 5.91 Å². The predicted molar refractivity (Wildman–Crippen MR) is 88.8 cm³/mol. The number of benzene rings is 1. The second kappa shape index (κ2) is 6.38. The van der Waals surface area contributed by atoms with Crippen LogP contribution in [0, 0.1) is 0 Å². The maximum absolute atomic E-state index is 12.9. The topological polar surface area (TPSA) is 77.7 Å². The molecule has 1 aromatic heterocycles. The number of fused-ring (bicyclic) bond motifs is 1. The normalized spacial score (nSPS) is 19.5. The van der Waals surface area contributed by atoms with Gasteiger partial charge >= 0.3 is 0 Å². The van der Waals surface area contributed by atoms with Crippen molar-refractivity contribution in [2.75, 3.05) is 19.9 Å². The van der Waals surface area contributed by atoms with Gasteiger partial charge in [-0.2, -0.15) is 4.98 Å². The van der Waals surface area contributed by atoms with E-state index in [2.05, 4.69) is 10.1 Å². The van der Waals surface area contributed by atoms with Gasteiger partial charge in [-0.3, -0.25) is 4.79 Å². The van der Waals surface area contributed by atoms with Crippen LogP contribution in [0.3, 0.4) is 0 Å². The highest BCUT2D eigenvalue weighted by atomic mass is 16.7. The Balaban J connectivity index is 1.49. The van der Waals surface area contributed by atoms with Crippen molar-refractivity contribution in [1.29, 1.82) is 0 Å². The van der Waals surface area contributed by atoms with Crippen LogP contribution in [0.5, 0.6) is 11.5 Å². The summed E-state index contributed by atoms with van der Waals surface area (Å²) >= 11 is 0. The Bertz CT molecular complexity index is 786. The van der Waals surface area contributed by atoms with Crippen LogP contribution < -0.4 is 9.47 Å². The van der Waals surface area contributed by atoms with Crippen molar-refractivity contribution in [2.45, 2.75) is 38.5 Å². The molecular formula is C18H21N3O4. The molecule has 1 saturated heterocycles. The van der Waals surface area contributed by atoms with Crippen molar-refractivity contribution in [1.82, 2.24) is 15.0 Å². The maximum atomic E-state index is 12.9. The minimum atomic E-state index is -0.00409. The summed E-state index contributed by atoms with van der Waals surface area (Å²) in [6.07, 6.45) is 1.88. The molecule has 1 amide bonds. The first-order valence-electron chi connectivity index (χ1n) is 8.64. The zero-order valence-electron chi connectivity index (χ0n) is 14.4. The van der Waals surface area contributed by atoms with Gasteiger partial charge in [-0.05, 0) is 31.0 Å². The van der Waals surface area contributed by atoms with Gasteiger partial charge in [0.05, 0.1) is 0 Å². The average Bonchev–Trinajstić information content (AvgIpc) is 3.30. The molecule has 4 rings (SSSR count). The average molecular weight is 343 g/mol. The molecule has 1 fully saturated rings. The third kappa shape index (κ3) is 3.06. The van der Waals surface area contributed by atoms with Gasteiger partial charge < -0.3 is 18.9 Å². The summed E-state index contributed by atoms with van der Waals surface area (Å²) in [6, 6.07) is 5.31. The molecule has 7 nitrogen and oxygen atoms in total. The number of nitrogens with zero attached hydrogens (tertiary/aromatic N) is 3. The summed E-state index contributed by atoms with van der Waals surface area (Å²) in [5.41, 5.74) is 0.612. The van der Waals surface area contributed by atoms with Crippen molar-refractivity contribution in [3.8, 4) is 11.5 Å². The van der Waals surface area contributed by atoms with E-state index in [1.54, 1.807) is 18.2 Å². The van der Waals surface area contributed by atoms with E-state index >= 15 is 0 Å². The highest BCUT2D eigenvalue weighted by Crippen LogP contribution is 2.33. The van der Waals surface area contributed by atoms with Gasteiger partial charge in [-0.25, -0.2) is 0 Å². The first-order chi connectivity index (χ1) is 12.1. The molecule has 2 aromatic rings. The molecule has 132 valence electrons. The van der Waals surface area contributed by atoms with Crippen LogP contribution in [0.25, 0.3) is 0 Å². The Morgan fingerprint density at radius 3 is 2.92 bits per heavy atom. The Labute approximate surface area is 145 Å². The van der Waals surface area contributed by atoms with E-state index in [1.165, 1.54) is 0 Å². The van der Waals surface area contributed by atoms with Gasteiger partial charge in [0.1, 0.15) is 0 Å². The van der Waals surface area contributed by atoms with E-state index in [-0.39, 0.29) is 24.5 Å². The number of likely N-dealkylation sites (tertiary alicyclic amines) is 1. The third-order valence-electron chi connectivity index (χ3n) is 4.64. The van der Waals surface area contributed by atoms with Gasteiger partial charge in [-0.1, -0.05) is 19.0 Å². The molecule has 25 heavy (non-hydrogen) atoms. The highest BCUT2D eigenvalue weighted by Gasteiger charge is 2.29. The first-order valence-corrected chi connectivity index (χ1v) is 8.64. The van der Waals surface area contributed by atoms with Crippen LogP contribution in [0.4, 0.5) is 0 Å². The molecular weight excluding hydrogens is 322 g/mol. The van der Waals surface area contributed by atoms with Crippen molar-refractivity contribution < 1.29 is 18.8 Å². The number of piperidine rings is 1. The summed E-state index contributed by atoms with van der Waals surface area (Å²) in [7, 11) is 0. The summed E-state index contributed by atoms with van der Waals surface area (Å²) < 4.78 is 16.0. The van der Waals surface area contributed by atoms with Crippen LogP contribution in [-0.2, 0) is 0 Å². The fourth-order valence-corrected chi connectivity index (χ4v) is 3.23. The van der Waals surface area contributed by atoms with Gasteiger partial charge in [0.25, 0.3) is 5.91 Å². The number of aromatic nitrogens is 2. The summed E-state index contributed by atoms with van der Waals surface area (Å²) in [5.74, 6) is 2.97. The van der Waals surface area contributed by atoms with E-state index in [4.69, 9.17) is 14.0 Å². The molecule has 7 heteroatoms. The number of hydrogen-bond acceptors (Lipinski definition) is 6. The van der Waals surface area contributed by atoms with Crippen LogP contribution in [0.2, 0.25) is 0 Å². The SMILES string of the molecule is CC(C)c1nc([C@H]2CCCN(C(=O)c3ccc4c(c3)OCO4)C2)no1. The Hall–Kier alpha value is -2.57. The molecule has 2 aliphatic rings. The molecule has 0 radical (unpaired) electrons. The van der Waals surface area contributed by atoms with Gasteiger partial charge in [0.15, 0.2) is 17.3 Å². The number of carbonyl (C=O) groups excluding carboxylic acids is 1. The molecule has 2 aliphatic heterocycles. The predicted octanol–water partition coefficient (Wildman–Crippen LogP) is 2.94. The van der Waals surface area contributed by atoms with Crippen molar-refractivity contribution in [3.63, 3.8) is 0 Å². The molecule has 0 unspecified atom stereocenters. The fraction of sp³-hybridized carbons (Fsp3) is 0.500. The van der Waals surface area contributed by atoms with E-state index in [1.807, 2.05) is 18.7 Å².